The topological polar surface area (TPSA) is 102 Å². The molecule has 1 rings (SSSR count). The highest BCUT2D eigenvalue weighted by atomic mass is 16.5. The molecule has 1 N–H and O–H groups in total. The van der Waals surface area contributed by atoms with Crippen LogP contribution in [0.1, 0.15) is 267 Å². The molecule has 0 bridgehead atoms. The van der Waals surface area contributed by atoms with Crippen LogP contribution in [0.3, 0.4) is 0 Å². The lowest BCUT2D eigenvalue weighted by Gasteiger charge is -2.27. The van der Waals surface area contributed by atoms with Crippen molar-refractivity contribution in [1.82, 2.24) is 4.90 Å². The molecular weight excluding hydrogens is 775 g/mol. The van der Waals surface area contributed by atoms with Gasteiger partial charge in [0.05, 0.1) is 30.1 Å². The van der Waals surface area contributed by atoms with Crippen LogP contribution in [-0.2, 0) is 28.6 Å². The lowest BCUT2D eigenvalue weighted by atomic mass is 9.86. The highest BCUT2D eigenvalue weighted by Gasteiger charge is 2.37. The number of carbonyl (C=O) groups excluding carboxylic acids is 3. The van der Waals surface area contributed by atoms with Crippen molar-refractivity contribution in [2.75, 3.05) is 26.3 Å². The van der Waals surface area contributed by atoms with Gasteiger partial charge in [0, 0.05) is 13.0 Å². The molecule has 0 aliphatic carbocycles. The molecule has 1 saturated heterocycles. The number of β-amino-alcohol motifs (C(OH)–C–C–N with tert-alkyl or cyclic N) is 1. The maximum atomic E-state index is 13.3. The molecule has 0 aromatic rings. The van der Waals surface area contributed by atoms with Crippen molar-refractivity contribution in [1.29, 1.82) is 0 Å². The number of nitrogens with zero attached hydrogens (tertiary/aromatic N) is 1. The second kappa shape index (κ2) is 36.5. The van der Waals surface area contributed by atoms with Crippen molar-refractivity contribution < 1.29 is 33.7 Å². The number of rotatable bonds is 42. The van der Waals surface area contributed by atoms with E-state index in [1.165, 1.54) is 103 Å². The van der Waals surface area contributed by atoms with Crippen LogP contribution < -0.4 is 0 Å². The van der Waals surface area contributed by atoms with Gasteiger partial charge in [-0.2, -0.15) is 0 Å². The number of hydrogen-bond acceptors (Lipinski definition) is 8. The lowest BCUT2D eigenvalue weighted by Crippen LogP contribution is -2.38. The number of esters is 3. The molecule has 1 unspecified atom stereocenters. The zero-order chi connectivity index (χ0) is 45.9. The highest BCUT2D eigenvalue weighted by molar-refractivity contribution is 5.77. The Morgan fingerprint density at radius 2 is 0.968 bits per heavy atom. The molecule has 1 heterocycles. The second-order valence-corrected chi connectivity index (χ2v) is 20.7. The minimum Gasteiger partial charge on any atom is -0.465 e. The van der Waals surface area contributed by atoms with Gasteiger partial charge in [-0.05, 0) is 104 Å². The number of aliphatic hydroxyl groups excluding tert-OH is 1. The summed E-state index contributed by atoms with van der Waals surface area (Å²) in [7, 11) is 0. The third kappa shape index (κ3) is 28.3. The molecule has 0 saturated carbocycles. The van der Waals surface area contributed by atoms with Crippen LogP contribution in [0, 0.1) is 16.7 Å². The van der Waals surface area contributed by atoms with E-state index in [1.807, 2.05) is 27.7 Å². The Hall–Kier alpha value is -1.67. The van der Waals surface area contributed by atoms with Gasteiger partial charge in [-0.15, -0.1) is 0 Å². The van der Waals surface area contributed by atoms with Crippen molar-refractivity contribution in [3.8, 4) is 0 Å². The van der Waals surface area contributed by atoms with Crippen molar-refractivity contribution in [2.24, 2.45) is 16.7 Å². The summed E-state index contributed by atoms with van der Waals surface area (Å²) >= 11 is 0. The summed E-state index contributed by atoms with van der Waals surface area (Å²) in [5, 5.41) is 10.4. The van der Waals surface area contributed by atoms with Gasteiger partial charge in [-0.1, -0.05) is 169 Å². The SMILES string of the molecule is CCCCCCCCC(CCCCCC)OC(=O)C(C)(C)CCCCCCOC(=O)[C@@H]1C[C@H](O)CN1CCCCCCC(C)(C)C(=O)OCCCC(CCCCC)CCCCC. The Bertz CT molecular complexity index is 1100. The maximum absolute atomic E-state index is 13.3. The van der Waals surface area contributed by atoms with Crippen LogP contribution >= 0.6 is 0 Å². The predicted molar refractivity (Wildman–Crippen MR) is 259 cm³/mol. The highest BCUT2D eigenvalue weighted by Crippen LogP contribution is 2.30. The fraction of sp³-hybridized carbons (Fsp3) is 0.944. The molecule has 8 heteroatoms. The number of likely N-dealkylation sites (tertiary alicyclic amines) is 1. The van der Waals surface area contributed by atoms with Crippen LogP contribution in [0.2, 0.25) is 0 Å². The van der Waals surface area contributed by atoms with Gasteiger partial charge in [0.1, 0.15) is 12.1 Å². The summed E-state index contributed by atoms with van der Waals surface area (Å²) in [4.78, 5) is 41.4. The quantitative estimate of drug-likeness (QED) is 0.0367. The van der Waals surface area contributed by atoms with Crippen LogP contribution in [0.25, 0.3) is 0 Å². The first-order valence-electron chi connectivity index (χ1n) is 26.8. The molecule has 366 valence electrons. The van der Waals surface area contributed by atoms with E-state index in [2.05, 4.69) is 32.6 Å². The Labute approximate surface area is 383 Å². The molecule has 0 spiro atoms. The molecular formula is C54H103NO7. The number of hydrogen-bond donors (Lipinski definition) is 1. The van der Waals surface area contributed by atoms with Crippen molar-refractivity contribution in [3.05, 3.63) is 0 Å². The molecule has 1 aliphatic rings. The van der Waals surface area contributed by atoms with Gasteiger partial charge in [-0.25, -0.2) is 0 Å². The summed E-state index contributed by atoms with van der Waals surface area (Å²) in [6, 6.07) is -0.384. The summed E-state index contributed by atoms with van der Waals surface area (Å²) < 4.78 is 17.7. The van der Waals surface area contributed by atoms with E-state index < -0.39 is 16.9 Å². The van der Waals surface area contributed by atoms with Crippen molar-refractivity contribution in [3.63, 3.8) is 0 Å². The van der Waals surface area contributed by atoms with Gasteiger partial charge in [0.15, 0.2) is 0 Å². The van der Waals surface area contributed by atoms with E-state index in [4.69, 9.17) is 14.2 Å². The van der Waals surface area contributed by atoms with Gasteiger partial charge in [0.2, 0.25) is 0 Å². The molecule has 0 aromatic carbocycles. The van der Waals surface area contributed by atoms with Crippen LogP contribution in [0.4, 0.5) is 0 Å². The van der Waals surface area contributed by atoms with E-state index in [1.54, 1.807) is 0 Å². The lowest BCUT2D eigenvalue weighted by molar-refractivity contribution is -0.161. The summed E-state index contributed by atoms with van der Waals surface area (Å²) in [6.45, 7) is 19.3. The maximum Gasteiger partial charge on any atom is 0.323 e. The van der Waals surface area contributed by atoms with Crippen molar-refractivity contribution >= 4 is 17.9 Å². The van der Waals surface area contributed by atoms with E-state index in [9.17, 15) is 19.5 Å². The third-order valence-electron chi connectivity index (χ3n) is 13.7. The van der Waals surface area contributed by atoms with Gasteiger partial charge in [-0.3, -0.25) is 19.3 Å². The largest absolute Gasteiger partial charge is 0.465 e. The normalized spacial score (nSPS) is 16.5. The zero-order valence-electron chi connectivity index (χ0n) is 42.3. The predicted octanol–water partition coefficient (Wildman–Crippen LogP) is 14.7. The molecule has 8 nitrogen and oxygen atoms in total. The molecule has 0 aromatic heterocycles. The molecule has 1 fully saturated rings. The average Bonchev–Trinajstić information content (AvgIpc) is 3.62. The number of aliphatic hydroxyl groups is 1. The van der Waals surface area contributed by atoms with Crippen LogP contribution in [-0.4, -0.2) is 72.5 Å². The van der Waals surface area contributed by atoms with Crippen LogP contribution in [0.15, 0.2) is 0 Å². The second-order valence-electron chi connectivity index (χ2n) is 20.7. The number of ether oxygens (including phenoxy) is 3. The minimum atomic E-state index is -0.505. The van der Waals surface area contributed by atoms with Crippen molar-refractivity contribution in [2.45, 2.75) is 286 Å². The fourth-order valence-electron chi connectivity index (χ4n) is 9.16. The third-order valence-corrected chi connectivity index (χ3v) is 13.7. The monoisotopic (exact) mass is 878 g/mol. The molecule has 3 atom stereocenters. The molecule has 0 amide bonds. The molecule has 62 heavy (non-hydrogen) atoms. The Kier molecular flexibility index (Phi) is 34.4. The summed E-state index contributed by atoms with van der Waals surface area (Å²) in [5.74, 6) is 0.411. The van der Waals surface area contributed by atoms with E-state index in [-0.39, 0.29) is 30.1 Å². The fourth-order valence-corrected chi connectivity index (χ4v) is 9.16. The Morgan fingerprint density at radius 3 is 1.56 bits per heavy atom. The van der Waals surface area contributed by atoms with E-state index in [0.29, 0.717) is 26.2 Å². The molecule has 0 radical (unpaired) electrons. The first kappa shape index (κ1) is 58.3. The Balaban J connectivity index is 2.32. The first-order chi connectivity index (χ1) is 29.8. The Morgan fingerprint density at radius 1 is 0.532 bits per heavy atom. The van der Waals surface area contributed by atoms with E-state index in [0.717, 1.165) is 115 Å². The average molecular weight is 878 g/mol. The number of carbonyl (C=O) groups is 3. The smallest absolute Gasteiger partial charge is 0.323 e. The van der Waals surface area contributed by atoms with E-state index >= 15 is 0 Å². The zero-order valence-corrected chi connectivity index (χ0v) is 42.3. The first-order valence-corrected chi connectivity index (χ1v) is 26.8. The summed E-state index contributed by atoms with van der Waals surface area (Å²) in [6.07, 6.45) is 36.0. The van der Waals surface area contributed by atoms with Gasteiger partial charge >= 0.3 is 17.9 Å². The van der Waals surface area contributed by atoms with Gasteiger partial charge in [0.25, 0.3) is 0 Å². The van der Waals surface area contributed by atoms with Gasteiger partial charge < -0.3 is 19.3 Å². The minimum absolute atomic E-state index is 0.0376. The standard InChI is InChI=1S/C54H103NO7/c1-9-13-17-19-20-28-38-48(37-27-18-14-10-2)62-52(59)54(7,8)40-30-22-24-32-42-60-50(57)49-44-47(56)45-55(49)41-31-23-21-29-39-53(5,6)51(58)61-43-33-36-46(34-25-15-11-3)35-26-16-12-4/h46-49,56H,9-45H2,1-8H3/t47-,48?,49-/m0/s1. The summed E-state index contributed by atoms with van der Waals surface area (Å²) in [5.41, 5.74) is -0.985. The van der Waals surface area contributed by atoms with Crippen LogP contribution in [0.5, 0.6) is 0 Å². The number of unbranched alkanes of at least 4 members (excludes halogenated alkanes) is 18. The molecule has 1 aliphatic heterocycles.